The molecule has 0 fully saturated rings. The first-order valence-corrected chi connectivity index (χ1v) is 21.5. The molecule has 0 saturated carbocycles. The Morgan fingerprint density at radius 2 is 1.52 bits per heavy atom. The van der Waals surface area contributed by atoms with Crippen molar-refractivity contribution in [3.63, 3.8) is 0 Å². The van der Waals surface area contributed by atoms with Gasteiger partial charge in [0.1, 0.15) is 18.0 Å². The number of rotatable bonds is 13. The van der Waals surface area contributed by atoms with Crippen LogP contribution in [0, 0.1) is 17.1 Å². The van der Waals surface area contributed by atoms with Crippen molar-refractivity contribution < 1.29 is 35.9 Å². The smallest absolute Gasteiger partial charge is 0.381 e. The Balaban J connectivity index is 0.855. The van der Waals surface area contributed by atoms with E-state index in [0.717, 1.165) is 41.4 Å². The molecule has 0 bridgehead atoms. The van der Waals surface area contributed by atoms with Gasteiger partial charge >= 0.3 is 6.18 Å². The molecule has 0 spiro atoms. The van der Waals surface area contributed by atoms with Crippen LogP contribution < -0.4 is 26.8 Å². The van der Waals surface area contributed by atoms with E-state index in [9.17, 15) is 40.7 Å². The number of hydrogen-bond acceptors (Lipinski definition) is 12. The lowest BCUT2D eigenvalue weighted by Crippen LogP contribution is -2.45. The molecule has 3 heterocycles. The molecule has 332 valence electrons. The molecule has 0 aliphatic carbocycles. The Labute approximate surface area is 368 Å². The Bertz CT molecular complexity index is 3150. The zero-order chi connectivity index (χ0) is 46.3. The van der Waals surface area contributed by atoms with Gasteiger partial charge in [-0.2, -0.15) is 28.6 Å². The second-order valence-corrected chi connectivity index (χ2v) is 17.7. The number of carbonyl (C=O) groups excluding carboxylic acids is 1. The fourth-order valence-electron chi connectivity index (χ4n) is 7.68. The highest BCUT2D eigenvalue weighted by Gasteiger charge is 2.39. The summed E-state index contributed by atoms with van der Waals surface area (Å²) in [6.07, 6.45) is -3.44. The van der Waals surface area contributed by atoms with Gasteiger partial charge in [0.2, 0.25) is 0 Å². The van der Waals surface area contributed by atoms with Gasteiger partial charge in [-0.3, -0.25) is 14.3 Å². The molecule has 8 rings (SSSR count). The number of amides is 1. The van der Waals surface area contributed by atoms with Gasteiger partial charge in [-0.05, 0) is 90.3 Å². The topological polar surface area (TPSA) is 220 Å². The Hall–Kier alpha value is -7.63. The lowest BCUT2D eigenvalue weighted by Gasteiger charge is -2.33. The number of nitriles is 1. The largest absolute Gasteiger partial charge is 0.417 e. The fourth-order valence-corrected chi connectivity index (χ4v) is 9.27. The van der Waals surface area contributed by atoms with Crippen LogP contribution in [0.4, 0.5) is 40.3 Å². The van der Waals surface area contributed by atoms with Gasteiger partial charge in [-0.15, -0.1) is 0 Å². The van der Waals surface area contributed by atoms with Crippen molar-refractivity contribution in [1.82, 2.24) is 25.0 Å². The quantitative estimate of drug-likeness (QED) is 0.0661. The summed E-state index contributed by atoms with van der Waals surface area (Å²) in [5, 5.41) is 43.9. The summed E-state index contributed by atoms with van der Waals surface area (Å²) in [4.78, 5) is 29.8. The first-order chi connectivity index (χ1) is 30.9. The maximum Gasteiger partial charge on any atom is 0.417 e. The number of benzene rings is 5. The van der Waals surface area contributed by atoms with Gasteiger partial charge in [0.15, 0.2) is 15.4 Å². The van der Waals surface area contributed by atoms with Crippen molar-refractivity contribution in [2.75, 3.05) is 27.0 Å². The lowest BCUT2D eigenvalue weighted by atomic mass is 9.83. The molecule has 15 nitrogen and oxygen atoms in total. The molecule has 1 aliphatic rings. The third-order valence-electron chi connectivity index (χ3n) is 11.0. The van der Waals surface area contributed by atoms with Crippen LogP contribution in [0.2, 0.25) is 0 Å². The van der Waals surface area contributed by atoms with Gasteiger partial charge in [0.05, 0.1) is 50.9 Å². The van der Waals surface area contributed by atoms with E-state index in [-0.39, 0.29) is 16.0 Å². The summed E-state index contributed by atoms with van der Waals surface area (Å²) < 4.78 is 82.8. The number of aryl methyl sites for hydroxylation is 1. The Morgan fingerprint density at radius 1 is 0.908 bits per heavy atom. The molecule has 1 amide bonds. The molecule has 65 heavy (non-hydrogen) atoms. The number of nitrogens with zero attached hydrogens (tertiary/aromatic N) is 5. The predicted octanol–water partition coefficient (Wildman–Crippen LogP) is 6.77. The fraction of sp³-hybridized carbons (Fsp3) is 0.200. The van der Waals surface area contributed by atoms with E-state index in [1.54, 1.807) is 11.7 Å². The Morgan fingerprint density at radius 3 is 2.11 bits per heavy atom. The van der Waals surface area contributed by atoms with Crippen molar-refractivity contribution in [1.29, 1.82) is 5.26 Å². The van der Waals surface area contributed by atoms with Crippen LogP contribution >= 0.6 is 0 Å². The van der Waals surface area contributed by atoms with Crippen molar-refractivity contribution >= 4 is 49.3 Å². The molecule has 0 radical (unpaired) electrons. The molecule has 1 aliphatic heterocycles. The van der Waals surface area contributed by atoms with Crippen LogP contribution in [0.5, 0.6) is 0 Å². The summed E-state index contributed by atoms with van der Waals surface area (Å²) in [6, 6.07) is 27.3. The minimum atomic E-state index is -4.89. The van der Waals surface area contributed by atoms with E-state index in [1.807, 2.05) is 48.5 Å². The number of aromatic amines is 1. The van der Waals surface area contributed by atoms with Crippen LogP contribution in [0.15, 0.2) is 119 Å². The van der Waals surface area contributed by atoms with E-state index in [4.69, 9.17) is 5.26 Å². The summed E-state index contributed by atoms with van der Waals surface area (Å²) >= 11 is 0. The normalized spacial score (nSPS) is 15.7. The van der Waals surface area contributed by atoms with Crippen LogP contribution in [-0.2, 0) is 40.9 Å². The number of halogens is 4. The first-order valence-electron chi connectivity index (χ1n) is 19.9. The van der Waals surface area contributed by atoms with E-state index >= 15 is 0 Å². The first kappa shape index (κ1) is 44.0. The average Bonchev–Trinajstić information content (AvgIpc) is 3.70. The lowest BCUT2D eigenvalue weighted by molar-refractivity contribution is -0.137. The van der Waals surface area contributed by atoms with Gasteiger partial charge in [-0.1, -0.05) is 36.4 Å². The molecule has 20 heteroatoms. The minimum Gasteiger partial charge on any atom is -0.381 e. The van der Waals surface area contributed by atoms with Gasteiger partial charge < -0.3 is 26.4 Å². The maximum absolute atomic E-state index is 14.7. The van der Waals surface area contributed by atoms with Crippen molar-refractivity contribution in [3.8, 4) is 6.07 Å². The average molecular weight is 907 g/mol. The van der Waals surface area contributed by atoms with Crippen LogP contribution in [0.3, 0.4) is 0 Å². The standard InChI is InChI=1S/C45H38F4N10O5S/c1-44(62,43(61)55-32-12-9-28(20-50)35(19-32)45(47,48)49)23-65(63,64)33-15-13-31(14-16-33)52-22-26-5-3-25(4-6-26)21-51-30-10-7-27(8-11-30)39-38(41-53-24-54-59(41)2)40-37-34(42(60)58-57-40)17-29(46)18-36(37)56-39/h3-19,24,38-39,51-52,56,62H,21-23H2,1-2H3,(H,55,61)(H,58,60). The zero-order valence-electron chi connectivity index (χ0n) is 34.4. The third kappa shape index (κ3) is 9.23. The van der Waals surface area contributed by atoms with Crippen LogP contribution in [-0.4, -0.2) is 55.7 Å². The van der Waals surface area contributed by atoms with E-state index < -0.39 is 67.7 Å². The van der Waals surface area contributed by atoms with Crippen molar-refractivity contribution in [2.45, 2.75) is 48.6 Å². The number of carbonyl (C=O) groups is 1. The summed E-state index contributed by atoms with van der Waals surface area (Å²) in [5.74, 6) is -2.72. The van der Waals surface area contributed by atoms with Crippen molar-refractivity contribution in [3.05, 3.63) is 165 Å². The van der Waals surface area contributed by atoms with Gasteiger partial charge in [0.25, 0.3) is 11.5 Å². The number of alkyl halides is 3. The van der Waals surface area contributed by atoms with Crippen LogP contribution in [0.25, 0.3) is 10.8 Å². The highest BCUT2D eigenvalue weighted by Crippen LogP contribution is 2.46. The molecule has 3 atom stereocenters. The minimum absolute atomic E-state index is 0.187. The van der Waals surface area contributed by atoms with E-state index in [2.05, 4.69) is 41.5 Å². The monoisotopic (exact) mass is 906 g/mol. The number of H-pyrrole nitrogens is 1. The summed E-state index contributed by atoms with van der Waals surface area (Å²) in [6.45, 7) is 1.86. The van der Waals surface area contributed by atoms with Gasteiger partial charge in [0, 0.05) is 48.3 Å². The second kappa shape index (κ2) is 17.2. The van der Waals surface area contributed by atoms with E-state index in [0.29, 0.717) is 47.4 Å². The molecular weight excluding hydrogens is 869 g/mol. The number of aliphatic hydroxyl groups is 1. The Kier molecular flexibility index (Phi) is 11.6. The highest BCUT2D eigenvalue weighted by molar-refractivity contribution is 7.91. The number of hydrogen-bond donors (Lipinski definition) is 6. The number of sulfone groups is 1. The molecule has 2 aromatic heterocycles. The summed E-state index contributed by atoms with van der Waals surface area (Å²) in [5.41, 5.74) is -0.0882. The highest BCUT2D eigenvalue weighted by atomic mass is 32.2. The van der Waals surface area contributed by atoms with Gasteiger partial charge in [-0.25, -0.2) is 22.9 Å². The third-order valence-corrected chi connectivity index (χ3v) is 12.9. The van der Waals surface area contributed by atoms with Crippen LogP contribution in [0.1, 0.15) is 58.2 Å². The molecule has 6 N–H and O–H groups in total. The predicted molar refractivity (Wildman–Crippen MR) is 233 cm³/mol. The maximum atomic E-state index is 14.7. The molecule has 3 unspecified atom stereocenters. The van der Waals surface area contributed by atoms with Crippen molar-refractivity contribution in [2.24, 2.45) is 7.05 Å². The summed E-state index contributed by atoms with van der Waals surface area (Å²) in [7, 11) is -2.48. The molecule has 5 aromatic carbocycles. The van der Waals surface area contributed by atoms with E-state index in [1.165, 1.54) is 48.8 Å². The zero-order valence-corrected chi connectivity index (χ0v) is 35.2. The number of aromatic nitrogens is 5. The molecule has 0 saturated heterocycles. The molecule has 7 aromatic rings. The SMILES string of the molecule is Cn1ncnc1C1c2n[nH]c(=O)c3cc(F)cc(c23)NC1c1ccc(NCc2ccc(CNc3ccc(S(=O)(=O)CC(C)(O)C(=O)Nc4ccc(C#N)c(C(F)(F)F)c4)cc3)cc2)cc1. The second-order valence-electron chi connectivity index (χ2n) is 15.7. The number of anilines is 4. The number of nitrogens with one attached hydrogen (secondary N) is 5. The molecular formula is C45H38F4N10O5S.